The zero-order valence-corrected chi connectivity index (χ0v) is 23.5. The van der Waals surface area contributed by atoms with Gasteiger partial charge in [-0.1, -0.05) is 12.1 Å². The number of hydrogen-bond acceptors (Lipinski definition) is 7. The minimum Gasteiger partial charge on any atom is -0.494 e. The normalized spacial score (nSPS) is 20.1. The van der Waals surface area contributed by atoms with Gasteiger partial charge in [-0.15, -0.1) is 0 Å². The zero-order valence-electron chi connectivity index (χ0n) is 23.5. The fourth-order valence-electron chi connectivity index (χ4n) is 5.17. The molecule has 0 bridgehead atoms. The average Bonchev–Trinajstić information content (AvgIpc) is 3.12. The number of carbonyl (C=O) groups excluding carboxylic acids is 2. The first-order chi connectivity index (χ1) is 19.7. The molecule has 0 radical (unpaired) electrons. The lowest BCUT2D eigenvalue weighted by atomic mass is 10.0. The molecule has 0 spiro atoms. The van der Waals surface area contributed by atoms with Crippen molar-refractivity contribution in [2.45, 2.75) is 37.8 Å². The number of hydrogen-bond donors (Lipinski definition) is 1. The first kappa shape index (κ1) is 30.7. The standard InChI is InChI=1S/C30H39F2N3O6/c1-39-19-29(37)35-15-14-33(20-30(38,21-35)22-41-25-10-11-26(31)27(32)17-25)18-23-6-8-24(9-7-23)40-16-4-13-34-12-3-2-5-28(34)36/h6-11,17,38H,2-5,12-16,18-22H2,1H3/t30-/m1/s1. The van der Waals surface area contributed by atoms with E-state index in [4.69, 9.17) is 14.2 Å². The summed E-state index contributed by atoms with van der Waals surface area (Å²) in [4.78, 5) is 30.0. The van der Waals surface area contributed by atoms with Gasteiger partial charge >= 0.3 is 0 Å². The molecule has 2 amide bonds. The molecule has 0 saturated carbocycles. The van der Waals surface area contributed by atoms with Gasteiger partial charge in [0.15, 0.2) is 11.6 Å². The highest BCUT2D eigenvalue weighted by molar-refractivity contribution is 5.77. The summed E-state index contributed by atoms with van der Waals surface area (Å²) in [6.45, 7) is 3.32. The van der Waals surface area contributed by atoms with Crippen LogP contribution in [0.5, 0.6) is 11.5 Å². The number of carbonyl (C=O) groups is 2. The third-order valence-corrected chi connectivity index (χ3v) is 7.30. The van der Waals surface area contributed by atoms with Crippen LogP contribution in [-0.2, 0) is 20.9 Å². The van der Waals surface area contributed by atoms with E-state index in [1.54, 1.807) is 0 Å². The number of nitrogens with zero attached hydrogens (tertiary/aromatic N) is 3. The molecule has 2 aromatic carbocycles. The van der Waals surface area contributed by atoms with Gasteiger partial charge in [0.2, 0.25) is 11.8 Å². The molecule has 1 atom stereocenters. The van der Waals surface area contributed by atoms with Gasteiger partial charge in [-0.25, -0.2) is 8.78 Å². The van der Waals surface area contributed by atoms with Gasteiger partial charge in [0.1, 0.15) is 30.3 Å². The van der Waals surface area contributed by atoms with Gasteiger partial charge in [0, 0.05) is 58.9 Å². The highest BCUT2D eigenvalue weighted by Gasteiger charge is 2.37. The van der Waals surface area contributed by atoms with Crippen LogP contribution >= 0.6 is 0 Å². The maximum Gasteiger partial charge on any atom is 0.248 e. The number of methoxy groups -OCH3 is 1. The van der Waals surface area contributed by atoms with Gasteiger partial charge < -0.3 is 29.1 Å². The van der Waals surface area contributed by atoms with E-state index in [1.165, 1.54) is 18.1 Å². The maximum atomic E-state index is 13.7. The summed E-state index contributed by atoms with van der Waals surface area (Å²) in [7, 11) is 1.43. The molecule has 2 heterocycles. The third kappa shape index (κ3) is 9.11. The molecule has 9 nitrogen and oxygen atoms in total. The first-order valence-corrected chi connectivity index (χ1v) is 14.0. The summed E-state index contributed by atoms with van der Waals surface area (Å²) in [5.41, 5.74) is -0.472. The van der Waals surface area contributed by atoms with E-state index in [-0.39, 0.29) is 43.9 Å². The fourth-order valence-corrected chi connectivity index (χ4v) is 5.17. The molecule has 4 rings (SSSR count). The van der Waals surface area contributed by atoms with Crippen molar-refractivity contribution in [1.82, 2.24) is 14.7 Å². The molecular weight excluding hydrogens is 536 g/mol. The molecule has 41 heavy (non-hydrogen) atoms. The van der Waals surface area contributed by atoms with Crippen LogP contribution in [0, 0.1) is 11.6 Å². The number of aliphatic hydroxyl groups is 1. The van der Waals surface area contributed by atoms with Gasteiger partial charge in [-0.2, -0.15) is 0 Å². The molecule has 0 aliphatic carbocycles. The quantitative estimate of drug-likeness (QED) is 0.389. The average molecular weight is 576 g/mol. The topological polar surface area (TPSA) is 91.8 Å². The Morgan fingerprint density at radius 2 is 1.76 bits per heavy atom. The van der Waals surface area contributed by atoms with Crippen molar-refractivity contribution >= 4 is 11.8 Å². The molecule has 11 heteroatoms. The Balaban J connectivity index is 1.33. The van der Waals surface area contributed by atoms with Crippen molar-refractivity contribution in [1.29, 1.82) is 0 Å². The Morgan fingerprint density at radius 1 is 0.976 bits per heavy atom. The smallest absolute Gasteiger partial charge is 0.248 e. The minimum atomic E-state index is -1.47. The lowest BCUT2D eigenvalue weighted by Crippen LogP contribution is -2.52. The Bertz CT molecular complexity index is 1170. The van der Waals surface area contributed by atoms with Gasteiger partial charge in [0.25, 0.3) is 0 Å². The van der Waals surface area contributed by atoms with Crippen LogP contribution < -0.4 is 9.47 Å². The summed E-state index contributed by atoms with van der Waals surface area (Å²) < 4.78 is 43.5. The van der Waals surface area contributed by atoms with E-state index in [9.17, 15) is 23.5 Å². The molecule has 0 unspecified atom stereocenters. The van der Waals surface area contributed by atoms with E-state index in [0.29, 0.717) is 39.2 Å². The van der Waals surface area contributed by atoms with Crippen molar-refractivity contribution in [3.8, 4) is 11.5 Å². The van der Waals surface area contributed by atoms with Crippen LogP contribution in [-0.4, -0.2) is 103 Å². The predicted molar refractivity (Wildman–Crippen MR) is 148 cm³/mol. The number of ether oxygens (including phenoxy) is 3. The summed E-state index contributed by atoms with van der Waals surface area (Å²) >= 11 is 0. The van der Waals surface area contributed by atoms with Gasteiger partial charge in [0.05, 0.1) is 13.2 Å². The Hall–Kier alpha value is -3.28. The monoisotopic (exact) mass is 575 g/mol. The van der Waals surface area contributed by atoms with Crippen LogP contribution in [0.4, 0.5) is 8.78 Å². The van der Waals surface area contributed by atoms with Gasteiger partial charge in [-0.3, -0.25) is 14.5 Å². The van der Waals surface area contributed by atoms with Crippen LogP contribution in [0.1, 0.15) is 31.2 Å². The van der Waals surface area contributed by atoms with Crippen molar-refractivity contribution in [2.75, 3.05) is 66.2 Å². The molecule has 2 aliphatic rings. The second-order valence-electron chi connectivity index (χ2n) is 10.7. The molecule has 0 aromatic heterocycles. The largest absolute Gasteiger partial charge is 0.494 e. The number of halogens is 2. The molecule has 1 N–H and O–H groups in total. The number of benzene rings is 2. The van der Waals surface area contributed by atoms with Crippen LogP contribution in [0.3, 0.4) is 0 Å². The van der Waals surface area contributed by atoms with Crippen molar-refractivity contribution in [3.05, 3.63) is 59.7 Å². The Kier molecular flexibility index (Phi) is 10.9. The third-order valence-electron chi connectivity index (χ3n) is 7.30. The number of likely N-dealkylation sites (tertiary alicyclic amines) is 1. The number of amides is 2. The Morgan fingerprint density at radius 3 is 2.49 bits per heavy atom. The highest BCUT2D eigenvalue weighted by atomic mass is 19.2. The zero-order chi connectivity index (χ0) is 29.2. The van der Waals surface area contributed by atoms with Crippen LogP contribution in [0.2, 0.25) is 0 Å². The lowest BCUT2D eigenvalue weighted by molar-refractivity contribution is -0.138. The van der Waals surface area contributed by atoms with E-state index >= 15 is 0 Å². The van der Waals surface area contributed by atoms with E-state index in [0.717, 1.165) is 49.3 Å². The second kappa shape index (κ2) is 14.6. The van der Waals surface area contributed by atoms with E-state index in [2.05, 4.69) is 0 Å². The minimum absolute atomic E-state index is 0.00513. The summed E-state index contributed by atoms with van der Waals surface area (Å²) in [6.07, 6.45) is 3.44. The second-order valence-corrected chi connectivity index (χ2v) is 10.7. The molecule has 2 fully saturated rings. The SMILES string of the molecule is COCC(=O)N1CCN(Cc2ccc(OCCCN3CCCCC3=O)cc2)C[C@](O)(COc2ccc(F)c(F)c2)C1. The van der Waals surface area contributed by atoms with Crippen molar-refractivity contribution < 1.29 is 37.7 Å². The number of β-amino-alcohol motifs (C(OH)–C–C–N with tert-alkyl or cyclic N) is 1. The van der Waals surface area contributed by atoms with Crippen LogP contribution in [0.25, 0.3) is 0 Å². The van der Waals surface area contributed by atoms with Gasteiger partial charge in [-0.05, 0) is 49.1 Å². The molecule has 2 aromatic rings. The molecular formula is C30H39F2N3O6. The van der Waals surface area contributed by atoms with Crippen molar-refractivity contribution in [3.63, 3.8) is 0 Å². The summed E-state index contributed by atoms with van der Waals surface area (Å²) in [6, 6.07) is 10.9. The van der Waals surface area contributed by atoms with Crippen LogP contribution in [0.15, 0.2) is 42.5 Å². The number of piperidine rings is 1. The molecule has 2 aliphatic heterocycles. The summed E-state index contributed by atoms with van der Waals surface area (Å²) in [5.74, 6) is -1.24. The predicted octanol–water partition coefficient (Wildman–Crippen LogP) is 2.85. The number of rotatable bonds is 12. The fraction of sp³-hybridized carbons (Fsp3) is 0.533. The summed E-state index contributed by atoms with van der Waals surface area (Å²) in [5, 5.41) is 11.5. The van der Waals surface area contributed by atoms with E-state index < -0.39 is 17.2 Å². The molecule has 2 saturated heterocycles. The van der Waals surface area contributed by atoms with E-state index in [1.807, 2.05) is 34.1 Å². The lowest BCUT2D eigenvalue weighted by Gasteiger charge is -2.33. The molecule has 224 valence electrons. The highest BCUT2D eigenvalue weighted by Crippen LogP contribution is 2.22. The van der Waals surface area contributed by atoms with Crippen molar-refractivity contribution in [2.24, 2.45) is 0 Å². The Labute approximate surface area is 239 Å². The first-order valence-electron chi connectivity index (χ1n) is 14.0. The maximum absolute atomic E-state index is 13.7.